The van der Waals surface area contributed by atoms with Gasteiger partial charge in [-0.3, -0.25) is 0 Å². The number of ether oxygens (including phenoxy) is 1. The third-order valence-corrected chi connectivity index (χ3v) is 2.08. The summed E-state index contributed by atoms with van der Waals surface area (Å²) in [6.07, 6.45) is 0.918. The topological polar surface area (TPSA) is 60.2 Å². The average Bonchev–Trinajstić information content (AvgIpc) is 2.64. The molecule has 0 spiro atoms. The van der Waals surface area contributed by atoms with Crippen LogP contribution in [0.3, 0.4) is 0 Å². The zero-order valence-corrected chi connectivity index (χ0v) is 9.78. The molecule has 0 saturated heterocycles. The van der Waals surface area contributed by atoms with Crippen LogP contribution in [0.1, 0.15) is 39.1 Å². The Hall–Kier alpha value is -1.10. The quantitative estimate of drug-likeness (QED) is 0.785. The molecule has 0 saturated carbocycles. The summed E-state index contributed by atoms with van der Waals surface area (Å²) in [5, 5.41) is 6.92. The summed E-state index contributed by atoms with van der Waals surface area (Å²) in [5.74, 6) is 0.928. The summed E-state index contributed by atoms with van der Waals surface area (Å²) in [7, 11) is 1.65. The first kappa shape index (κ1) is 12.0. The van der Waals surface area contributed by atoms with E-state index in [9.17, 15) is 0 Å². The number of aromatic nitrogens is 2. The maximum absolute atomic E-state index is 5.30. The highest BCUT2D eigenvalue weighted by atomic mass is 16.5. The van der Waals surface area contributed by atoms with E-state index in [1.807, 2.05) is 0 Å². The molecular formula is C10H19N3O2. The predicted molar refractivity (Wildman–Crippen MR) is 57.7 cm³/mol. The van der Waals surface area contributed by atoms with Gasteiger partial charge in [0.2, 0.25) is 5.82 Å². The molecule has 1 aromatic heterocycles. The monoisotopic (exact) mass is 213 g/mol. The Kier molecular flexibility index (Phi) is 4.55. The summed E-state index contributed by atoms with van der Waals surface area (Å²) in [5.41, 5.74) is 0. The van der Waals surface area contributed by atoms with Crippen LogP contribution >= 0.6 is 0 Å². The molecule has 15 heavy (non-hydrogen) atoms. The number of hydrogen-bond acceptors (Lipinski definition) is 5. The Morgan fingerprint density at radius 2 is 2.20 bits per heavy atom. The molecular weight excluding hydrogens is 194 g/mol. The van der Waals surface area contributed by atoms with Crippen molar-refractivity contribution in [2.45, 2.75) is 33.3 Å². The van der Waals surface area contributed by atoms with Crippen LogP contribution in [0.4, 0.5) is 6.01 Å². The van der Waals surface area contributed by atoms with E-state index in [1.54, 1.807) is 7.11 Å². The minimum atomic E-state index is -0.106. The molecule has 0 amide bonds. The van der Waals surface area contributed by atoms with Crippen LogP contribution in [0, 0.1) is 5.92 Å². The number of hydrogen-bond donors (Lipinski definition) is 1. The van der Waals surface area contributed by atoms with E-state index in [-0.39, 0.29) is 6.10 Å². The number of methoxy groups -OCH3 is 1. The van der Waals surface area contributed by atoms with Crippen LogP contribution in [0.25, 0.3) is 0 Å². The molecule has 5 nitrogen and oxygen atoms in total. The molecule has 1 heterocycles. The van der Waals surface area contributed by atoms with Crippen LogP contribution < -0.4 is 5.32 Å². The van der Waals surface area contributed by atoms with Gasteiger partial charge in [0.1, 0.15) is 6.10 Å². The third-order valence-electron chi connectivity index (χ3n) is 2.08. The van der Waals surface area contributed by atoms with Crippen molar-refractivity contribution in [2.75, 3.05) is 19.0 Å². The summed E-state index contributed by atoms with van der Waals surface area (Å²) in [6.45, 7) is 7.03. The molecule has 5 heteroatoms. The lowest BCUT2D eigenvalue weighted by Gasteiger charge is -2.14. The molecule has 1 unspecified atom stereocenters. The second-order valence-corrected chi connectivity index (χ2v) is 3.78. The standard InChI is InChI=1S/C10H19N3O2/c1-5-6-11-10-12-9(13-15-10)8(14-4)7(2)3/h7-8H,5-6H2,1-4H3,(H,11,12,13). The third kappa shape index (κ3) is 3.20. The zero-order chi connectivity index (χ0) is 11.3. The molecule has 0 radical (unpaired) electrons. The molecule has 0 aliphatic carbocycles. The van der Waals surface area contributed by atoms with Gasteiger partial charge in [-0.25, -0.2) is 0 Å². The van der Waals surface area contributed by atoms with E-state index in [4.69, 9.17) is 9.26 Å². The highest BCUT2D eigenvalue weighted by Crippen LogP contribution is 2.23. The van der Waals surface area contributed by atoms with E-state index in [0.29, 0.717) is 17.8 Å². The van der Waals surface area contributed by atoms with Gasteiger partial charge in [-0.15, -0.1) is 0 Å². The summed E-state index contributed by atoms with van der Waals surface area (Å²) in [4.78, 5) is 4.23. The second-order valence-electron chi connectivity index (χ2n) is 3.78. The maximum Gasteiger partial charge on any atom is 0.321 e. The van der Waals surface area contributed by atoms with Gasteiger partial charge in [-0.2, -0.15) is 4.98 Å². The largest absolute Gasteiger partial charge is 0.373 e. The molecule has 1 N–H and O–H groups in total. The fourth-order valence-electron chi connectivity index (χ4n) is 1.33. The number of nitrogens with one attached hydrogen (secondary N) is 1. The minimum absolute atomic E-state index is 0.106. The summed E-state index contributed by atoms with van der Waals surface area (Å²) < 4.78 is 10.4. The van der Waals surface area contributed by atoms with Gasteiger partial charge in [0, 0.05) is 13.7 Å². The van der Waals surface area contributed by atoms with Crippen molar-refractivity contribution in [1.29, 1.82) is 0 Å². The van der Waals surface area contributed by atoms with E-state index >= 15 is 0 Å². The molecule has 0 aliphatic heterocycles. The molecule has 1 aromatic rings. The fourth-order valence-corrected chi connectivity index (χ4v) is 1.33. The molecule has 1 rings (SSSR count). The van der Waals surface area contributed by atoms with Gasteiger partial charge in [0.25, 0.3) is 0 Å². The summed E-state index contributed by atoms with van der Waals surface area (Å²) >= 11 is 0. The summed E-state index contributed by atoms with van der Waals surface area (Å²) in [6, 6.07) is 0.467. The Balaban J connectivity index is 2.65. The van der Waals surface area contributed by atoms with Crippen molar-refractivity contribution in [3.63, 3.8) is 0 Å². The fraction of sp³-hybridized carbons (Fsp3) is 0.800. The smallest absolute Gasteiger partial charge is 0.321 e. The van der Waals surface area contributed by atoms with Gasteiger partial charge >= 0.3 is 6.01 Å². The molecule has 0 aromatic carbocycles. The number of nitrogens with zero attached hydrogens (tertiary/aromatic N) is 2. The lowest BCUT2D eigenvalue weighted by atomic mass is 10.1. The SMILES string of the molecule is CCCNc1nc(C(OC)C(C)C)no1. The van der Waals surface area contributed by atoms with Crippen molar-refractivity contribution in [1.82, 2.24) is 10.1 Å². The first-order valence-electron chi connectivity index (χ1n) is 5.29. The van der Waals surface area contributed by atoms with Crippen molar-refractivity contribution >= 4 is 6.01 Å². The predicted octanol–water partition coefficient (Wildman–Crippen LogP) is 2.24. The maximum atomic E-state index is 5.30. The van der Waals surface area contributed by atoms with Gasteiger partial charge in [0.05, 0.1) is 0 Å². The molecule has 86 valence electrons. The van der Waals surface area contributed by atoms with Crippen LogP contribution in [0.15, 0.2) is 4.52 Å². The Morgan fingerprint density at radius 3 is 2.73 bits per heavy atom. The molecule has 0 bridgehead atoms. The van der Waals surface area contributed by atoms with Crippen LogP contribution in [0.2, 0.25) is 0 Å². The van der Waals surface area contributed by atoms with E-state index in [0.717, 1.165) is 13.0 Å². The number of rotatable bonds is 6. The van der Waals surface area contributed by atoms with Gasteiger partial charge in [0.15, 0.2) is 0 Å². The van der Waals surface area contributed by atoms with Gasteiger partial charge in [-0.05, 0) is 12.3 Å². The van der Waals surface area contributed by atoms with Crippen molar-refractivity contribution in [3.8, 4) is 0 Å². The Morgan fingerprint density at radius 1 is 1.47 bits per heavy atom. The Bertz CT molecular complexity index is 286. The van der Waals surface area contributed by atoms with Crippen LogP contribution in [-0.2, 0) is 4.74 Å². The lowest BCUT2D eigenvalue weighted by Crippen LogP contribution is -2.10. The van der Waals surface area contributed by atoms with Gasteiger partial charge in [-0.1, -0.05) is 25.9 Å². The highest BCUT2D eigenvalue weighted by Gasteiger charge is 2.20. The normalized spacial score (nSPS) is 13.1. The van der Waals surface area contributed by atoms with Gasteiger partial charge < -0.3 is 14.6 Å². The van der Waals surface area contributed by atoms with Crippen molar-refractivity contribution in [3.05, 3.63) is 5.82 Å². The average molecular weight is 213 g/mol. The van der Waals surface area contributed by atoms with E-state index in [1.165, 1.54) is 0 Å². The zero-order valence-electron chi connectivity index (χ0n) is 9.78. The highest BCUT2D eigenvalue weighted by molar-refractivity contribution is 5.18. The first-order chi connectivity index (χ1) is 7.19. The minimum Gasteiger partial charge on any atom is -0.373 e. The Labute approximate surface area is 90.2 Å². The number of anilines is 1. The first-order valence-corrected chi connectivity index (χ1v) is 5.29. The van der Waals surface area contributed by atoms with Crippen molar-refractivity contribution in [2.24, 2.45) is 5.92 Å². The molecule has 0 fully saturated rings. The van der Waals surface area contributed by atoms with E-state index in [2.05, 4.69) is 36.2 Å². The second kappa shape index (κ2) is 5.70. The molecule has 0 aliphatic rings. The van der Waals surface area contributed by atoms with Crippen LogP contribution in [0.5, 0.6) is 0 Å². The lowest BCUT2D eigenvalue weighted by molar-refractivity contribution is 0.0556. The van der Waals surface area contributed by atoms with Crippen LogP contribution in [-0.4, -0.2) is 23.8 Å². The molecule has 1 atom stereocenters. The van der Waals surface area contributed by atoms with E-state index < -0.39 is 0 Å². The van der Waals surface area contributed by atoms with Crippen molar-refractivity contribution < 1.29 is 9.26 Å².